The van der Waals surface area contributed by atoms with E-state index in [0.29, 0.717) is 0 Å². The normalized spacial score (nSPS) is 27.5. The number of hydrogen-bond acceptors (Lipinski definition) is 0. The van der Waals surface area contributed by atoms with E-state index in [1.54, 1.807) is 0 Å². The fraction of sp³-hybridized carbons (Fsp3) is 0.125. The van der Waals surface area contributed by atoms with Crippen molar-refractivity contribution in [2.45, 2.75) is 12.8 Å². The van der Waals surface area contributed by atoms with Crippen molar-refractivity contribution >= 4 is 0 Å². The number of fused-ring (bicyclic) bond motifs is 2. The van der Waals surface area contributed by atoms with Gasteiger partial charge in [0.25, 0.3) is 0 Å². The van der Waals surface area contributed by atoms with Crippen LogP contribution in [0.25, 0.3) is 0 Å². The standard InChI is InChI=1S/C16H16/c1-2-4-6-10-15-12-8-9-13-16(14-15)11-7-5-3-1/h2-13H,1,14H2/b4-2-,5-3-,10-6-,11-7-. The average molecular weight is 208 g/mol. The highest BCUT2D eigenvalue weighted by atomic mass is 14.0. The molecule has 0 aliphatic heterocycles. The van der Waals surface area contributed by atoms with E-state index < -0.39 is 0 Å². The van der Waals surface area contributed by atoms with Crippen LogP contribution in [0, 0.1) is 0 Å². The highest BCUT2D eigenvalue weighted by Crippen LogP contribution is 2.17. The molecule has 0 amide bonds. The molecule has 16 heavy (non-hydrogen) atoms. The summed E-state index contributed by atoms with van der Waals surface area (Å²) in [4.78, 5) is 0. The third-order valence-corrected chi connectivity index (χ3v) is 2.53. The summed E-state index contributed by atoms with van der Waals surface area (Å²) in [6, 6.07) is 0. The summed E-state index contributed by atoms with van der Waals surface area (Å²) in [5.74, 6) is 0. The van der Waals surface area contributed by atoms with E-state index in [1.165, 1.54) is 11.1 Å². The molecule has 80 valence electrons. The van der Waals surface area contributed by atoms with Gasteiger partial charge in [-0.2, -0.15) is 0 Å². The Morgan fingerprint density at radius 3 is 1.75 bits per heavy atom. The number of hydrogen-bond donors (Lipinski definition) is 0. The zero-order chi connectivity index (χ0) is 11.1. The summed E-state index contributed by atoms with van der Waals surface area (Å²) in [6.07, 6.45) is 27.6. The smallest absolute Gasteiger partial charge is 0.00258 e. The molecule has 2 aliphatic carbocycles. The van der Waals surface area contributed by atoms with Gasteiger partial charge in [-0.3, -0.25) is 0 Å². The number of allylic oxidation sites excluding steroid dienone is 14. The van der Waals surface area contributed by atoms with Gasteiger partial charge in [-0.15, -0.1) is 0 Å². The first-order valence-corrected chi connectivity index (χ1v) is 5.68. The van der Waals surface area contributed by atoms with Gasteiger partial charge in [-0.1, -0.05) is 72.9 Å². The maximum atomic E-state index is 2.18. The summed E-state index contributed by atoms with van der Waals surface area (Å²) < 4.78 is 0. The highest BCUT2D eigenvalue weighted by molar-refractivity contribution is 5.40. The summed E-state index contributed by atoms with van der Waals surface area (Å²) in [5.41, 5.74) is 2.69. The van der Waals surface area contributed by atoms with Crippen molar-refractivity contribution in [1.82, 2.24) is 0 Å². The van der Waals surface area contributed by atoms with Gasteiger partial charge < -0.3 is 0 Å². The second-order valence-electron chi connectivity index (χ2n) is 3.86. The molecule has 0 aromatic carbocycles. The SMILES string of the molecule is C1=CC=C2/C=C\C=C/C/C=C\C=C/C(=C1)C2. The lowest BCUT2D eigenvalue weighted by Crippen LogP contribution is -1.81. The van der Waals surface area contributed by atoms with Gasteiger partial charge in [0.05, 0.1) is 0 Å². The van der Waals surface area contributed by atoms with Crippen LogP contribution in [0.1, 0.15) is 12.8 Å². The molecular weight excluding hydrogens is 192 g/mol. The van der Waals surface area contributed by atoms with Gasteiger partial charge in [0.2, 0.25) is 0 Å². The van der Waals surface area contributed by atoms with Crippen LogP contribution >= 0.6 is 0 Å². The molecule has 0 nitrogen and oxygen atoms in total. The van der Waals surface area contributed by atoms with E-state index in [1.807, 2.05) is 0 Å². The van der Waals surface area contributed by atoms with E-state index in [2.05, 4.69) is 72.9 Å². The predicted octanol–water partition coefficient (Wildman–Crippen LogP) is 4.43. The third kappa shape index (κ3) is 3.39. The first-order valence-electron chi connectivity index (χ1n) is 5.68. The molecule has 0 saturated heterocycles. The Hall–Kier alpha value is -1.82. The van der Waals surface area contributed by atoms with Crippen molar-refractivity contribution < 1.29 is 0 Å². The van der Waals surface area contributed by atoms with Crippen molar-refractivity contribution in [2.24, 2.45) is 0 Å². The van der Waals surface area contributed by atoms with Crippen LogP contribution in [0.15, 0.2) is 84.1 Å². The van der Waals surface area contributed by atoms with Crippen LogP contribution in [0.2, 0.25) is 0 Å². The second kappa shape index (κ2) is 5.92. The van der Waals surface area contributed by atoms with E-state index in [9.17, 15) is 0 Å². The summed E-state index contributed by atoms with van der Waals surface area (Å²) in [5, 5.41) is 0. The molecule has 0 unspecified atom stereocenters. The molecule has 2 aliphatic rings. The van der Waals surface area contributed by atoms with Crippen LogP contribution in [-0.4, -0.2) is 0 Å². The van der Waals surface area contributed by atoms with E-state index in [0.717, 1.165) is 12.8 Å². The monoisotopic (exact) mass is 208 g/mol. The fourth-order valence-corrected chi connectivity index (χ4v) is 1.69. The zero-order valence-electron chi connectivity index (χ0n) is 9.34. The van der Waals surface area contributed by atoms with Gasteiger partial charge >= 0.3 is 0 Å². The van der Waals surface area contributed by atoms with Crippen molar-refractivity contribution in [2.75, 3.05) is 0 Å². The first-order chi connectivity index (χ1) is 7.95. The topological polar surface area (TPSA) is 0 Å². The molecule has 0 aromatic heterocycles. The Balaban J connectivity index is 2.27. The largest absolute Gasteiger partial charge is 0.0807 e. The second-order valence-corrected chi connectivity index (χ2v) is 3.86. The molecule has 0 radical (unpaired) electrons. The molecule has 0 saturated carbocycles. The molecule has 0 spiro atoms. The van der Waals surface area contributed by atoms with Gasteiger partial charge in [-0.05, 0) is 24.0 Å². The van der Waals surface area contributed by atoms with Gasteiger partial charge in [0, 0.05) is 0 Å². The molecular formula is C16H16. The molecule has 0 atom stereocenters. The highest BCUT2D eigenvalue weighted by Gasteiger charge is 1.98. The van der Waals surface area contributed by atoms with E-state index in [-0.39, 0.29) is 0 Å². The molecule has 0 fully saturated rings. The van der Waals surface area contributed by atoms with Crippen LogP contribution < -0.4 is 0 Å². The van der Waals surface area contributed by atoms with Crippen LogP contribution in [-0.2, 0) is 0 Å². The quantitative estimate of drug-likeness (QED) is 0.552. The molecule has 0 heterocycles. The van der Waals surface area contributed by atoms with Crippen LogP contribution in [0.4, 0.5) is 0 Å². The minimum atomic E-state index is 0.991. The molecule has 2 bridgehead atoms. The lowest BCUT2D eigenvalue weighted by Gasteiger charge is -2.01. The first kappa shape index (κ1) is 10.7. The molecule has 0 heteroatoms. The van der Waals surface area contributed by atoms with Crippen molar-refractivity contribution in [3.8, 4) is 0 Å². The minimum absolute atomic E-state index is 0.991. The molecule has 0 N–H and O–H groups in total. The zero-order valence-corrected chi connectivity index (χ0v) is 9.34. The van der Waals surface area contributed by atoms with Gasteiger partial charge in [-0.25, -0.2) is 0 Å². The van der Waals surface area contributed by atoms with Crippen molar-refractivity contribution in [3.05, 3.63) is 84.1 Å². The minimum Gasteiger partial charge on any atom is -0.0807 e. The van der Waals surface area contributed by atoms with Crippen LogP contribution in [0.3, 0.4) is 0 Å². The lowest BCUT2D eigenvalue weighted by atomic mass is 10.0. The summed E-state index contributed by atoms with van der Waals surface area (Å²) in [6.45, 7) is 0. The Morgan fingerprint density at radius 1 is 0.625 bits per heavy atom. The average Bonchev–Trinajstić information content (AvgIpc) is 2.50. The Morgan fingerprint density at radius 2 is 1.19 bits per heavy atom. The maximum Gasteiger partial charge on any atom is -0.00258 e. The van der Waals surface area contributed by atoms with Gasteiger partial charge in [0.1, 0.15) is 0 Å². The maximum absolute atomic E-state index is 2.18. The fourth-order valence-electron chi connectivity index (χ4n) is 1.69. The number of rotatable bonds is 0. The summed E-state index contributed by atoms with van der Waals surface area (Å²) >= 11 is 0. The Kier molecular flexibility index (Phi) is 3.95. The van der Waals surface area contributed by atoms with Crippen LogP contribution in [0.5, 0.6) is 0 Å². The Bertz CT molecular complexity index is 395. The molecule has 0 aromatic rings. The Labute approximate surface area is 97.4 Å². The van der Waals surface area contributed by atoms with E-state index >= 15 is 0 Å². The molecule has 2 rings (SSSR count). The van der Waals surface area contributed by atoms with Crippen molar-refractivity contribution in [1.29, 1.82) is 0 Å². The van der Waals surface area contributed by atoms with Gasteiger partial charge in [0.15, 0.2) is 0 Å². The lowest BCUT2D eigenvalue weighted by molar-refractivity contribution is 1.21. The van der Waals surface area contributed by atoms with Crippen molar-refractivity contribution in [3.63, 3.8) is 0 Å². The summed E-state index contributed by atoms with van der Waals surface area (Å²) in [7, 11) is 0. The third-order valence-electron chi connectivity index (χ3n) is 2.53. The van der Waals surface area contributed by atoms with E-state index in [4.69, 9.17) is 0 Å². The predicted molar refractivity (Wildman–Crippen MR) is 71.1 cm³/mol.